The number of hydrogen-bond acceptors (Lipinski definition) is 6. The van der Waals surface area contributed by atoms with Crippen LogP contribution in [0.25, 0.3) is 0 Å². The Morgan fingerprint density at radius 3 is 2.43 bits per heavy atom. The highest BCUT2D eigenvalue weighted by Crippen LogP contribution is 2.19. The first-order valence-electron chi connectivity index (χ1n) is 9.56. The summed E-state index contributed by atoms with van der Waals surface area (Å²) in [5.74, 6) is -0.0423. The van der Waals surface area contributed by atoms with Gasteiger partial charge < -0.3 is 9.80 Å². The maximum atomic E-state index is 12.5. The zero-order valence-electron chi connectivity index (χ0n) is 15.7. The summed E-state index contributed by atoms with van der Waals surface area (Å²) in [7, 11) is 0. The predicted octanol–water partition coefficient (Wildman–Crippen LogP) is 2.21. The van der Waals surface area contributed by atoms with E-state index >= 15 is 0 Å². The predicted molar refractivity (Wildman–Crippen MR) is 109 cm³/mol. The average Bonchev–Trinajstić information content (AvgIpc) is 3.45. The quantitative estimate of drug-likeness (QED) is 0.776. The lowest BCUT2D eigenvalue weighted by Crippen LogP contribution is -2.48. The van der Waals surface area contributed by atoms with Crippen molar-refractivity contribution in [3.05, 3.63) is 47.5 Å². The molecule has 0 unspecified atom stereocenters. The summed E-state index contributed by atoms with van der Waals surface area (Å²) in [6.45, 7) is 3.50. The minimum Gasteiger partial charge on any atom is -0.345 e. The van der Waals surface area contributed by atoms with Crippen molar-refractivity contribution in [3.8, 4) is 0 Å². The number of carbonyl (C=O) groups is 2. The molecule has 1 aromatic heterocycles. The van der Waals surface area contributed by atoms with E-state index in [1.54, 1.807) is 17.5 Å². The number of anilines is 1. The normalized spacial score (nSPS) is 17.0. The number of thiazole rings is 1. The first kappa shape index (κ1) is 18.6. The van der Waals surface area contributed by atoms with E-state index in [4.69, 9.17) is 0 Å². The standard InChI is InChI=1S/C20H23N5O2S/c26-18(23-11-13-24(14-12-23)20-21-9-15-28-20)6-7-19(27)25-10-8-17(22-25)16-4-2-1-3-5-16/h1-5,9,15H,6-8,10-14H2. The third kappa shape index (κ3) is 4.22. The van der Waals surface area contributed by atoms with Crippen LogP contribution in [0.2, 0.25) is 0 Å². The van der Waals surface area contributed by atoms with Crippen LogP contribution in [0.4, 0.5) is 5.13 Å². The zero-order valence-corrected chi connectivity index (χ0v) is 16.5. The number of benzene rings is 1. The topological polar surface area (TPSA) is 69.1 Å². The summed E-state index contributed by atoms with van der Waals surface area (Å²) in [4.78, 5) is 33.3. The SMILES string of the molecule is O=C(CCC(=O)N1CCC(c2ccccc2)=N1)N1CCN(c2nccs2)CC1. The molecule has 0 bridgehead atoms. The van der Waals surface area contributed by atoms with Crippen molar-refractivity contribution in [2.45, 2.75) is 19.3 Å². The molecule has 0 saturated carbocycles. The van der Waals surface area contributed by atoms with E-state index in [1.165, 1.54) is 5.01 Å². The van der Waals surface area contributed by atoms with Crippen molar-refractivity contribution in [2.75, 3.05) is 37.6 Å². The Kier molecular flexibility index (Phi) is 5.66. The molecule has 7 nitrogen and oxygen atoms in total. The van der Waals surface area contributed by atoms with Gasteiger partial charge in [0.1, 0.15) is 0 Å². The second kappa shape index (κ2) is 8.52. The highest BCUT2D eigenvalue weighted by molar-refractivity contribution is 7.13. The van der Waals surface area contributed by atoms with Crippen molar-refractivity contribution in [1.29, 1.82) is 0 Å². The Bertz CT molecular complexity index is 845. The summed E-state index contributed by atoms with van der Waals surface area (Å²) < 4.78 is 0. The van der Waals surface area contributed by atoms with Gasteiger partial charge in [-0.15, -0.1) is 11.3 Å². The minimum absolute atomic E-state index is 0.0404. The fourth-order valence-corrected chi connectivity index (χ4v) is 4.19. The Balaban J connectivity index is 1.24. The van der Waals surface area contributed by atoms with E-state index in [0.29, 0.717) is 19.6 Å². The van der Waals surface area contributed by atoms with E-state index in [1.807, 2.05) is 40.6 Å². The molecule has 0 spiro atoms. The summed E-state index contributed by atoms with van der Waals surface area (Å²) in [6.07, 6.45) is 3.00. The van der Waals surface area contributed by atoms with E-state index in [-0.39, 0.29) is 24.7 Å². The van der Waals surface area contributed by atoms with Gasteiger partial charge in [0, 0.05) is 57.0 Å². The fraction of sp³-hybridized carbons (Fsp3) is 0.400. The molecule has 28 heavy (non-hydrogen) atoms. The molecular formula is C20H23N5O2S. The minimum atomic E-state index is -0.0827. The first-order chi connectivity index (χ1) is 13.7. The summed E-state index contributed by atoms with van der Waals surface area (Å²) in [6, 6.07) is 9.90. The Labute approximate surface area is 168 Å². The Morgan fingerprint density at radius 1 is 0.964 bits per heavy atom. The van der Waals surface area contributed by atoms with Crippen molar-refractivity contribution in [2.24, 2.45) is 5.10 Å². The molecule has 1 aromatic carbocycles. The van der Waals surface area contributed by atoms with Crippen LogP contribution >= 0.6 is 11.3 Å². The molecule has 0 aliphatic carbocycles. The lowest BCUT2D eigenvalue weighted by atomic mass is 10.1. The van der Waals surface area contributed by atoms with Crippen LogP contribution in [0.1, 0.15) is 24.8 Å². The summed E-state index contributed by atoms with van der Waals surface area (Å²) in [5.41, 5.74) is 1.98. The van der Waals surface area contributed by atoms with Gasteiger partial charge in [0.15, 0.2) is 5.13 Å². The molecular weight excluding hydrogens is 374 g/mol. The van der Waals surface area contributed by atoms with Crippen LogP contribution in [0.3, 0.4) is 0 Å². The molecule has 0 atom stereocenters. The molecule has 4 rings (SSSR count). The van der Waals surface area contributed by atoms with Crippen LogP contribution in [0.5, 0.6) is 0 Å². The van der Waals surface area contributed by atoms with Gasteiger partial charge in [-0.2, -0.15) is 5.10 Å². The number of nitrogens with zero attached hydrogens (tertiary/aromatic N) is 5. The molecule has 2 aromatic rings. The second-order valence-corrected chi connectivity index (χ2v) is 7.74. The monoisotopic (exact) mass is 397 g/mol. The Hall–Kier alpha value is -2.74. The number of aromatic nitrogens is 1. The van der Waals surface area contributed by atoms with E-state index < -0.39 is 0 Å². The number of piperazine rings is 1. The molecule has 1 fully saturated rings. The van der Waals surface area contributed by atoms with E-state index in [0.717, 1.165) is 35.9 Å². The maximum absolute atomic E-state index is 12.5. The van der Waals surface area contributed by atoms with E-state index in [9.17, 15) is 9.59 Å². The smallest absolute Gasteiger partial charge is 0.243 e. The van der Waals surface area contributed by atoms with Crippen molar-refractivity contribution in [1.82, 2.24) is 14.9 Å². The van der Waals surface area contributed by atoms with Crippen LogP contribution in [0.15, 0.2) is 47.0 Å². The number of hydrogen-bond donors (Lipinski definition) is 0. The lowest BCUT2D eigenvalue weighted by Gasteiger charge is -2.34. The van der Waals surface area contributed by atoms with Gasteiger partial charge in [-0.05, 0) is 5.56 Å². The van der Waals surface area contributed by atoms with E-state index in [2.05, 4.69) is 15.0 Å². The van der Waals surface area contributed by atoms with Crippen LogP contribution in [-0.4, -0.2) is 65.1 Å². The van der Waals surface area contributed by atoms with Crippen LogP contribution < -0.4 is 4.90 Å². The van der Waals surface area contributed by atoms with Crippen LogP contribution in [-0.2, 0) is 9.59 Å². The van der Waals surface area contributed by atoms with Crippen molar-refractivity contribution >= 4 is 34.0 Å². The molecule has 2 aliphatic heterocycles. The zero-order chi connectivity index (χ0) is 19.3. The summed E-state index contributed by atoms with van der Waals surface area (Å²) in [5, 5.41) is 8.92. The largest absolute Gasteiger partial charge is 0.345 e. The molecule has 0 radical (unpaired) electrons. The fourth-order valence-electron chi connectivity index (χ4n) is 3.49. The van der Waals surface area contributed by atoms with Crippen molar-refractivity contribution < 1.29 is 9.59 Å². The highest BCUT2D eigenvalue weighted by atomic mass is 32.1. The molecule has 3 heterocycles. The lowest BCUT2D eigenvalue weighted by molar-refractivity contribution is -0.137. The summed E-state index contributed by atoms with van der Waals surface area (Å²) >= 11 is 1.61. The van der Waals surface area contributed by atoms with Gasteiger partial charge in [0.05, 0.1) is 12.3 Å². The number of rotatable bonds is 5. The van der Waals surface area contributed by atoms with Gasteiger partial charge in [0.25, 0.3) is 0 Å². The van der Waals surface area contributed by atoms with Gasteiger partial charge in [-0.1, -0.05) is 30.3 Å². The second-order valence-electron chi connectivity index (χ2n) is 6.86. The molecule has 8 heteroatoms. The van der Waals surface area contributed by atoms with Gasteiger partial charge in [-0.3, -0.25) is 9.59 Å². The average molecular weight is 398 g/mol. The molecule has 2 amide bonds. The molecule has 146 valence electrons. The highest BCUT2D eigenvalue weighted by Gasteiger charge is 2.25. The third-order valence-corrected chi connectivity index (χ3v) is 5.90. The third-order valence-electron chi connectivity index (χ3n) is 5.07. The number of amides is 2. The molecule has 2 aliphatic rings. The molecule has 1 saturated heterocycles. The number of hydrazone groups is 1. The van der Waals surface area contributed by atoms with Crippen LogP contribution in [0, 0.1) is 0 Å². The van der Waals surface area contributed by atoms with Gasteiger partial charge >= 0.3 is 0 Å². The van der Waals surface area contributed by atoms with Gasteiger partial charge in [-0.25, -0.2) is 9.99 Å². The number of carbonyl (C=O) groups excluding carboxylic acids is 2. The maximum Gasteiger partial charge on any atom is 0.243 e. The Morgan fingerprint density at radius 2 is 1.71 bits per heavy atom. The van der Waals surface area contributed by atoms with Gasteiger partial charge in [0.2, 0.25) is 11.8 Å². The van der Waals surface area contributed by atoms with Crippen molar-refractivity contribution in [3.63, 3.8) is 0 Å². The molecule has 0 N–H and O–H groups in total. The first-order valence-corrected chi connectivity index (χ1v) is 10.4.